The zero-order valence-electron chi connectivity index (χ0n) is 30.5. The maximum atomic E-state index is 7.02. The summed E-state index contributed by atoms with van der Waals surface area (Å²) in [4.78, 5) is 0. The van der Waals surface area contributed by atoms with Gasteiger partial charge in [-0.15, -0.1) is 11.8 Å². The monoisotopic (exact) mass is 606 g/mol. The largest absolute Gasteiger partial charge is 0.398 e. The number of hydrogen-bond donors (Lipinski definition) is 2. The first-order valence-corrected chi connectivity index (χ1v) is 16.3. The fourth-order valence-corrected chi connectivity index (χ4v) is 4.04. The van der Waals surface area contributed by atoms with Gasteiger partial charge in [-0.05, 0) is 73.8 Å². The molecule has 0 fully saturated rings. The molecule has 0 aliphatic heterocycles. The second-order valence-electron chi connectivity index (χ2n) is 11.8. The van der Waals surface area contributed by atoms with Crippen LogP contribution in [0.3, 0.4) is 0 Å². The summed E-state index contributed by atoms with van der Waals surface area (Å²) in [6.07, 6.45) is 9.61. The standard InChI is InChI=1S/C15H21N.C13H12.C8H15N.C5H8.C2H6/c1-12(2)11-13(3)9-10-15(16)14-7-5-4-6-8-14;1-11-6-5-9-13(10-11)12-7-3-2-4-8-12;1-5-7(6-9)8(2,3)4;1-3-5-4-2;1-2/h4-10,12H,11,16H2,1-3H3;2-10H,1H3;5-6,9H,1-4H3;3H2,1-2H3;1-2H3/b13-9+,15-10-;;7-5+,9-6?;;. The van der Waals surface area contributed by atoms with Crippen molar-refractivity contribution in [3.8, 4) is 23.0 Å². The van der Waals surface area contributed by atoms with E-state index in [0.29, 0.717) is 5.92 Å². The van der Waals surface area contributed by atoms with E-state index >= 15 is 0 Å². The molecule has 0 amide bonds. The first-order valence-electron chi connectivity index (χ1n) is 16.3. The van der Waals surface area contributed by atoms with Gasteiger partial charge in [0.1, 0.15) is 0 Å². The second-order valence-corrected chi connectivity index (χ2v) is 11.8. The number of hydrogen-bond acceptors (Lipinski definition) is 2. The predicted octanol–water partition coefficient (Wildman–Crippen LogP) is 12.7. The average molecular weight is 607 g/mol. The molecule has 0 heterocycles. The molecule has 0 aliphatic rings. The van der Waals surface area contributed by atoms with Crippen LogP contribution in [0.1, 0.15) is 100 Å². The van der Waals surface area contributed by atoms with Crippen molar-refractivity contribution in [1.29, 1.82) is 5.41 Å². The molecule has 0 atom stereocenters. The van der Waals surface area contributed by atoms with Gasteiger partial charge >= 0.3 is 0 Å². The Bertz CT molecular complexity index is 1320. The van der Waals surface area contributed by atoms with E-state index in [9.17, 15) is 0 Å². The fourth-order valence-electron chi connectivity index (χ4n) is 4.04. The van der Waals surface area contributed by atoms with Crippen LogP contribution in [0.2, 0.25) is 0 Å². The summed E-state index contributed by atoms with van der Waals surface area (Å²) in [6, 6.07) is 29.0. The molecule has 2 nitrogen and oxygen atoms in total. The van der Waals surface area contributed by atoms with Crippen LogP contribution in [0.25, 0.3) is 16.8 Å². The summed E-state index contributed by atoms with van der Waals surface area (Å²) in [5, 5.41) is 7.02. The first kappa shape index (κ1) is 43.0. The molecule has 0 radical (unpaired) electrons. The number of rotatable bonds is 6. The summed E-state index contributed by atoms with van der Waals surface area (Å²) in [7, 11) is 0. The number of allylic oxidation sites excluding steroid dienone is 5. The smallest absolute Gasteiger partial charge is 0.0387 e. The molecule has 0 saturated heterocycles. The third-order valence-corrected chi connectivity index (χ3v) is 6.20. The summed E-state index contributed by atoms with van der Waals surface area (Å²) in [5.74, 6) is 6.33. The van der Waals surface area contributed by atoms with E-state index in [1.165, 1.54) is 28.5 Å². The molecular formula is C43H62N2. The van der Waals surface area contributed by atoms with Gasteiger partial charge < -0.3 is 11.1 Å². The SMILES string of the molecule is C/C(=C\C=C(/N)c1ccccc1)CC(C)C.C/C=C(\C=N)C(C)(C)C.CC.CC#CCC.Cc1cccc(-c2ccccc2)c1. The van der Waals surface area contributed by atoms with Gasteiger partial charge in [-0.3, -0.25) is 0 Å². The fraction of sp³-hybridized carbons (Fsp3) is 0.372. The summed E-state index contributed by atoms with van der Waals surface area (Å²) >= 11 is 0. The summed E-state index contributed by atoms with van der Waals surface area (Å²) in [6.45, 7) is 24.9. The minimum absolute atomic E-state index is 0.135. The van der Waals surface area contributed by atoms with Crippen LogP contribution < -0.4 is 5.73 Å². The summed E-state index contributed by atoms with van der Waals surface area (Å²) < 4.78 is 0. The Balaban J connectivity index is 0. The molecule has 3 aromatic carbocycles. The zero-order valence-corrected chi connectivity index (χ0v) is 30.5. The zero-order chi connectivity index (χ0) is 34.7. The Morgan fingerprint density at radius 3 is 1.78 bits per heavy atom. The van der Waals surface area contributed by atoms with Gasteiger partial charge in [-0.25, -0.2) is 0 Å². The summed E-state index contributed by atoms with van der Waals surface area (Å²) in [5.41, 5.74) is 14.4. The number of nitrogens with one attached hydrogen (secondary N) is 1. The second kappa shape index (κ2) is 26.3. The highest BCUT2D eigenvalue weighted by atomic mass is 14.6. The highest BCUT2D eigenvalue weighted by Crippen LogP contribution is 2.22. The lowest BCUT2D eigenvalue weighted by molar-refractivity contribution is 0.525. The van der Waals surface area contributed by atoms with Crippen molar-refractivity contribution in [3.05, 3.63) is 125 Å². The highest BCUT2D eigenvalue weighted by molar-refractivity contribution is 5.77. The van der Waals surface area contributed by atoms with Crippen LogP contribution in [-0.2, 0) is 0 Å². The first-order chi connectivity index (χ1) is 21.4. The third kappa shape index (κ3) is 22.1. The van der Waals surface area contributed by atoms with E-state index in [2.05, 4.69) is 115 Å². The van der Waals surface area contributed by atoms with Crippen LogP contribution in [0.5, 0.6) is 0 Å². The minimum Gasteiger partial charge on any atom is -0.398 e. The maximum absolute atomic E-state index is 7.02. The third-order valence-electron chi connectivity index (χ3n) is 6.20. The van der Waals surface area contributed by atoms with Gasteiger partial charge in [-0.1, -0.05) is 164 Å². The van der Waals surface area contributed by atoms with Crippen molar-refractivity contribution < 1.29 is 0 Å². The molecular weight excluding hydrogens is 544 g/mol. The molecule has 3 aromatic rings. The average Bonchev–Trinajstić information content (AvgIpc) is 3.03. The van der Waals surface area contributed by atoms with E-state index in [1.807, 2.05) is 83.2 Å². The van der Waals surface area contributed by atoms with Gasteiger partial charge in [-0.2, -0.15) is 0 Å². The maximum Gasteiger partial charge on any atom is 0.0387 e. The Hall–Kier alpha value is -4.09. The molecule has 0 unspecified atom stereocenters. The lowest BCUT2D eigenvalue weighted by atomic mass is 9.87. The Morgan fingerprint density at radius 1 is 0.867 bits per heavy atom. The van der Waals surface area contributed by atoms with Crippen molar-refractivity contribution in [3.63, 3.8) is 0 Å². The number of aryl methyl sites for hydroxylation is 1. The molecule has 3 rings (SSSR count). The molecule has 2 heteroatoms. The van der Waals surface area contributed by atoms with Crippen LogP contribution in [-0.4, -0.2) is 6.21 Å². The Kier molecular flexibility index (Phi) is 25.2. The lowest BCUT2D eigenvalue weighted by Gasteiger charge is -2.18. The molecule has 0 spiro atoms. The molecule has 0 aromatic heterocycles. The van der Waals surface area contributed by atoms with Crippen molar-refractivity contribution in [2.45, 2.75) is 95.9 Å². The topological polar surface area (TPSA) is 49.9 Å². The van der Waals surface area contributed by atoms with Gasteiger partial charge in [0.05, 0.1) is 0 Å². The van der Waals surface area contributed by atoms with Crippen molar-refractivity contribution >= 4 is 11.9 Å². The van der Waals surface area contributed by atoms with E-state index in [4.69, 9.17) is 11.1 Å². The van der Waals surface area contributed by atoms with Crippen LogP contribution in [0.15, 0.2) is 114 Å². The quantitative estimate of drug-likeness (QED) is 0.164. The van der Waals surface area contributed by atoms with E-state index in [1.54, 1.807) is 0 Å². The van der Waals surface area contributed by atoms with Gasteiger partial charge in [0, 0.05) is 18.3 Å². The van der Waals surface area contributed by atoms with Crippen LogP contribution in [0, 0.1) is 35.5 Å². The van der Waals surface area contributed by atoms with Crippen molar-refractivity contribution in [2.75, 3.05) is 0 Å². The predicted molar refractivity (Wildman–Crippen MR) is 206 cm³/mol. The van der Waals surface area contributed by atoms with Crippen LogP contribution >= 0.6 is 0 Å². The normalized spacial score (nSPS) is 11.0. The molecule has 0 aliphatic carbocycles. The van der Waals surface area contributed by atoms with E-state index < -0.39 is 0 Å². The van der Waals surface area contributed by atoms with E-state index in [0.717, 1.165) is 29.7 Å². The molecule has 45 heavy (non-hydrogen) atoms. The minimum atomic E-state index is 0.135. The van der Waals surface area contributed by atoms with E-state index in [-0.39, 0.29) is 5.41 Å². The van der Waals surface area contributed by atoms with Crippen molar-refractivity contribution in [1.82, 2.24) is 0 Å². The van der Waals surface area contributed by atoms with Gasteiger partial charge in [0.25, 0.3) is 0 Å². The Labute approximate surface area is 278 Å². The lowest BCUT2D eigenvalue weighted by Crippen LogP contribution is -2.09. The highest BCUT2D eigenvalue weighted by Gasteiger charge is 2.12. The molecule has 0 saturated carbocycles. The van der Waals surface area contributed by atoms with Crippen molar-refractivity contribution in [2.24, 2.45) is 17.1 Å². The van der Waals surface area contributed by atoms with Crippen LogP contribution in [0.4, 0.5) is 0 Å². The van der Waals surface area contributed by atoms with Gasteiger partial charge in [0.2, 0.25) is 0 Å². The molecule has 3 N–H and O–H groups in total. The Morgan fingerprint density at radius 2 is 1.40 bits per heavy atom. The number of nitrogens with two attached hydrogens (primary N) is 1. The molecule has 244 valence electrons. The number of benzene rings is 3. The molecule has 0 bridgehead atoms. The van der Waals surface area contributed by atoms with Gasteiger partial charge in [0.15, 0.2) is 0 Å².